The molecule has 1 aliphatic heterocycles. The van der Waals surface area contributed by atoms with E-state index in [1.807, 2.05) is 11.8 Å². The van der Waals surface area contributed by atoms with Gasteiger partial charge in [0.1, 0.15) is 6.54 Å². The van der Waals surface area contributed by atoms with Gasteiger partial charge in [-0.1, -0.05) is 6.07 Å². The first-order valence-electron chi connectivity index (χ1n) is 4.87. The van der Waals surface area contributed by atoms with E-state index in [2.05, 4.69) is 18.2 Å². The number of hydrogen-bond acceptors (Lipinski definition) is 3. The van der Waals surface area contributed by atoms with E-state index in [9.17, 15) is 4.79 Å². The first-order valence-corrected chi connectivity index (χ1v) is 5.85. The molecular formula is C11H13NO2S. The van der Waals surface area contributed by atoms with Gasteiger partial charge in [0.15, 0.2) is 0 Å². The molecule has 0 atom stereocenters. The fraction of sp³-hybridized carbons (Fsp3) is 0.364. The lowest BCUT2D eigenvalue weighted by Crippen LogP contribution is -2.34. The summed E-state index contributed by atoms with van der Waals surface area (Å²) in [4.78, 5) is 13.8. The molecule has 0 aliphatic carbocycles. The molecular weight excluding hydrogens is 210 g/mol. The number of hydrogen-bond donors (Lipinski definition) is 1. The quantitative estimate of drug-likeness (QED) is 0.832. The van der Waals surface area contributed by atoms with E-state index in [1.165, 1.54) is 10.5 Å². The predicted molar refractivity (Wildman–Crippen MR) is 61.8 cm³/mol. The van der Waals surface area contributed by atoms with Crippen LogP contribution in [0.15, 0.2) is 23.1 Å². The van der Waals surface area contributed by atoms with Crippen LogP contribution in [-0.4, -0.2) is 29.9 Å². The van der Waals surface area contributed by atoms with Gasteiger partial charge in [0.2, 0.25) is 0 Å². The molecule has 0 fully saturated rings. The van der Waals surface area contributed by atoms with Gasteiger partial charge in [-0.05, 0) is 24.6 Å². The molecule has 0 amide bonds. The minimum absolute atomic E-state index is 0.0943. The molecule has 80 valence electrons. The number of aryl methyl sites for hydroxylation is 1. The molecule has 0 saturated carbocycles. The molecule has 1 N–H and O–H groups in total. The number of carboxylic acids is 1. The SMILES string of the molecule is Cc1ccc2c(c1)N(CC(=O)O)CCS2. The monoisotopic (exact) mass is 223 g/mol. The third kappa shape index (κ3) is 2.26. The first kappa shape index (κ1) is 10.4. The zero-order valence-electron chi connectivity index (χ0n) is 8.56. The molecule has 1 aliphatic rings. The minimum atomic E-state index is -0.769. The van der Waals surface area contributed by atoms with E-state index in [1.54, 1.807) is 11.8 Å². The van der Waals surface area contributed by atoms with E-state index in [0.29, 0.717) is 0 Å². The van der Waals surface area contributed by atoms with Crippen LogP contribution in [0, 0.1) is 6.92 Å². The largest absolute Gasteiger partial charge is 0.480 e. The maximum absolute atomic E-state index is 10.7. The van der Waals surface area contributed by atoms with E-state index >= 15 is 0 Å². The molecule has 0 radical (unpaired) electrons. The summed E-state index contributed by atoms with van der Waals surface area (Å²) in [6.07, 6.45) is 0. The van der Waals surface area contributed by atoms with E-state index in [4.69, 9.17) is 5.11 Å². The zero-order valence-corrected chi connectivity index (χ0v) is 9.38. The molecule has 0 spiro atoms. The van der Waals surface area contributed by atoms with Crippen LogP contribution in [0.5, 0.6) is 0 Å². The van der Waals surface area contributed by atoms with Crippen LogP contribution in [0.3, 0.4) is 0 Å². The lowest BCUT2D eigenvalue weighted by Gasteiger charge is -2.29. The van der Waals surface area contributed by atoms with Crippen LogP contribution in [0.1, 0.15) is 5.56 Å². The number of aliphatic carboxylic acids is 1. The summed E-state index contributed by atoms with van der Waals surface area (Å²) in [6.45, 7) is 2.93. The highest BCUT2D eigenvalue weighted by Crippen LogP contribution is 2.34. The molecule has 0 unspecified atom stereocenters. The average molecular weight is 223 g/mol. The van der Waals surface area contributed by atoms with Crippen LogP contribution in [-0.2, 0) is 4.79 Å². The second kappa shape index (κ2) is 4.14. The molecule has 1 aromatic rings. The number of fused-ring (bicyclic) bond motifs is 1. The minimum Gasteiger partial charge on any atom is -0.480 e. The van der Waals surface area contributed by atoms with Gasteiger partial charge in [0.25, 0.3) is 0 Å². The van der Waals surface area contributed by atoms with Gasteiger partial charge in [0, 0.05) is 17.2 Å². The van der Waals surface area contributed by atoms with Crippen molar-refractivity contribution in [2.75, 3.05) is 23.7 Å². The smallest absolute Gasteiger partial charge is 0.323 e. The Labute approximate surface area is 93.1 Å². The number of carboxylic acid groups (broad SMARTS) is 1. The number of nitrogens with zero attached hydrogens (tertiary/aromatic N) is 1. The highest BCUT2D eigenvalue weighted by molar-refractivity contribution is 7.99. The summed E-state index contributed by atoms with van der Waals surface area (Å²) in [7, 11) is 0. The van der Waals surface area contributed by atoms with Gasteiger partial charge in [-0.15, -0.1) is 11.8 Å². The van der Waals surface area contributed by atoms with Gasteiger partial charge in [-0.3, -0.25) is 4.79 Å². The van der Waals surface area contributed by atoms with Crippen LogP contribution in [0.2, 0.25) is 0 Å². The molecule has 0 bridgehead atoms. The van der Waals surface area contributed by atoms with Crippen molar-refractivity contribution in [1.29, 1.82) is 0 Å². The molecule has 0 aromatic heterocycles. The molecule has 2 rings (SSSR count). The van der Waals surface area contributed by atoms with Crippen molar-refractivity contribution in [3.05, 3.63) is 23.8 Å². The Morgan fingerprint density at radius 1 is 1.60 bits per heavy atom. The van der Waals surface area contributed by atoms with Gasteiger partial charge in [0.05, 0.1) is 5.69 Å². The zero-order chi connectivity index (χ0) is 10.8. The lowest BCUT2D eigenvalue weighted by atomic mass is 10.2. The van der Waals surface area contributed by atoms with Crippen LogP contribution >= 0.6 is 11.8 Å². The van der Waals surface area contributed by atoms with Crippen molar-refractivity contribution in [3.63, 3.8) is 0 Å². The maximum atomic E-state index is 10.7. The van der Waals surface area contributed by atoms with Crippen LogP contribution in [0.25, 0.3) is 0 Å². The maximum Gasteiger partial charge on any atom is 0.323 e. The number of rotatable bonds is 2. The Balaban J connectivity index is 2.32. The normalized spacial score (nSPS) is 14.9. The fourth-order valence-corrected chi connectivity index (χ4v) is 2.74. The molecule has 1 aromatic carbocycles. The Hall–Kier alpha value is -1.16. The summed E-state index contributed by atoms with van der Waals surface area (Å²) in [5, 5.41) is 8.81. The molecule has 15 heavy (non-hydrogen) atoms. The van der Waals surface area contributed by atoms with Crippen LogP contribution < -0.4 is 4.90 Å². The van der Waals surface area contributed by atoms with Crippen molar-refractivity contribution in [2.45, 2.75) is 11.8 Å². The van der Waals surface area contributed by atoms with Gasteiger partial charge in [-0.25, -0.2) is 0 Å². The Morgan fingerprint density at radius 3 is 3.13 bits per heavy atom. The highest BCUT2D eigenvalue weighted by Gasteiger charge is 2.18. The van der Waals surface area contributed by atoms with Crippen molar-refractivity contribution in [3.8, 4) is 0 Å². The fourth-order valence-electron chi connectivity index (χ4n) is 1.71. The van der Waals surface area contributed by atoms with Crippen molar-refractivity contribution < 1.29 is 9.90 Å². The molecule has 0 saturated heterocycles. The van der Waals surface area contributed by atoms with E-state index < -0.39 is 5.97 Å². The highest BCUT2D eigenvalue weighted by atomic mass is 32.2. The third-order valence-corrected chi connectivity index (χ3v) is 3.44. The standard InChI is InChI=1S/C11H13NO2S/c1-8-2-3-10-9(6-8)12(4-5-15-10)7-11(13)14/h2-3,6H,4-5,7H2,1H3,(H,13,14). The second-order valence-electron chi connectivity index (χ2n) is 3.63. The van der Waals surface area contributed by atoms with Crippen LogP contribution in [0.4, 0.5) is 5.69 Å². The van der Waals surface area contributed by atoms with E-state index in [-0.39, 0.29) is 6.54 Å². The summed E-state index contributed by atoms with van der Waals surface area (Å²) >= 11 is 1.79. The second-order valence-corrected chi connectivity index (χ2v) is 4.77. The third-order valence-electron chi connectivity index (χ3n) is 2.40. The predicted octanol–water partition coefficient (Wildman–Crippen LogP) is 1.99. The lowest BCUT2D eigenvalue weighted by molar-refractivity contribution is -0.135. The van der Waals surface area contributed by atoms with Gasteiger partial charge < -0.3 is 10.0 Å². The Kier molecular flexibility index (Phi) is 2.86. The summed E-state index contributed by atoms with van der Waals surface area (Å²) in [5.41, 5.74) is 2.24. The molecule has 4 heteroatoms. The topological polar surface area (TPSA) is 40.5 Å². The summed E-state index contributed by atoms with van der Waals surface area (Å²) < 4.78 is 0. The number of benzene rings is 1. The summed E-state index contributed by atoms with van der Waals surface area (Å²) in [5.74, 6) is 0.193. The molecule has 3 nitrogen and oxygen atoms in total. The number of carbonyl (C=O) groups is 1. The van der Waals surface area contributed by atoms with Crippen molar-refractivity contribution in [2.24, 2.45) is 0 Å². The average Bonchev–Trinajstić information content (AvgIpc) is 2.18. The Bertz CT molecular complexity index is 392. The van der Waals surface area contributed by atoms with Gasteiger partial charge >= 0.3 is 5.97 Å². The summed E-state index contributed by atoms with van der Waals surface area (Å²) in [6, 6.07) is 6.20. The Morgan fingerprint density at radius 2 is 2.40 bits per heavy atom. The van der Waals surface area contributed by atoms with E-state index in [0.717, 1.165) is 18.0 Å². The van der Waals surface area contributed by atoms with Crippen molar-refractivity contribution in [1.82, 2.24) is 0 Å². The first-order chi connectivity index (χ1) is 7.16. The number of anilines is 1. The number of thioether (sulfide) groups is 1. The van der Waals surface area contributed by atoms with Gasteiger partial charge in [-0.2, -0.15) is 0 Å². The molecule has 1 heterocycles. The van der Waals surface area contributed by atoms with Crippen molar-refractivity contribution >= 4 is 23.4 Å².